The fraction of sp³-hybridized carbons (Fsp3) is 0.391. The molecule has 1 amide bonds. The number of amides is 1. The Bertz CT molecular complexity index is 985. The molecular formula is C23H29N3O3S. The lowest BCUT2D eigenvalue weighted by atomic mass is 10.2. The molecule has 30 heavy (non-hydrogen) atoms. The summed E-state index contributed by atoms with van der Waals surface area (Å²) in [6.07, 6.45) is 0. The number of hydrogen-bond acceptors (Lipinski definition) is 6. The van der Waals surface area contributed by atoms with Crippen LogP contribution in [0.15, 0.2) is 42.5 Å². The summed E-state index contributed by atoms with van der Waals surface area (Å²) >= 11 is 1.49. The summed E-state index contributed by atoms with van der Waals surface area (Å²) in [4.78, 5) is 21.8. The highest BCUT2D eigenvalue weighted by molar-refractivity contribution is 7.22. The second-order valence-electron chi connectivity index (χ2n) is 7.01. The Labute approximate surface area is 182 Å². The third kappa shape index (κ3) is 5.49. The zero-order valence-corrected chi connectivity index (χ0v) is 18.9. The molecule has 0 saturated heterocycles. The Balaban J connectivity index is 1.81. The largest absolute Gasteiger partial charge is 0.497 e. The van der Waals surface area contributed by atoms with Crippen molar-refractivity contribution in [3.8, 4) is 11.5 Å². The van der Waals surface area contributed by atoms with Crippen LogP contribution in [0, 0.1) is 6.92 Å². The molecule has 1 aromatic heterocycles. The van der Waals surface area contributed by atoms with Gasteiger partial charge in [-0.3, -0.25) is 9.69 Å². The number of fused-ring (bicyclic) bond motifs is 1. The number of thiazole rings is 1. The van der Waals surface area contributed by atoms with E-state index in [4.69, 9.17) is 14.5 Å². The molecule has 2 aromatic carbocycles. The lowest BCUT2D eigenvalue weighted by Gasteiger charge is -2.24. The van der Waals surface area contributed by atoms with Crippen LogP contribution in [0.4, 0.5) is 5.13 Å². The number of aromatic nitrogens is 1. The molecule has 7 heteroatoms. The van der Waals surface area contributed by atoms with Gasteiger partial charge in [0.25, 0.3) is 5.91 Å². The highest BCUT2D eigenvalue weighted by Crippen LogP contribution is 2.31. The Morgan fingerprint density at radius 3 is 2.57 bits per heavy atom. The molecule has 0 aliphatic carbocycles. The van der Waals surface area contributed by atoms with Crippen LogP contribution in [0.3, 0.4) is 0 Å². The number of carbonyl (C=O) groups is 1. The molecule has 0 aliphatic heterocycles. The van der Waals surface area contributed by atoms with Gasteiger partial charge >= 0.3 is 0 Å². The van der Waals surface area contributed by atoms with E-state index in [1.54, 1.807) is 12.0 Å². The normalized spacial score (nSPS) is 11.1. The Hall–Kier alpha value is -2.64. The van der Waals surface area contributed by atoms with Crippen LogP contribution < -0.4 is 14.4 Å². The molecule has 3 rings (SSSR count). The van der Waals surface area contributed by atoms with Gasteiger partial charge < -0.3 is 14.4 Å². The van der Waals surface area contributed by atoms with Crippen molar-refractivity contribution in [1.82, 2.24) is 9.88 Å². The quantitative estimate of drug-likeness (QED) is 0.481. The highest BCUT2D eigenvalue weighted by atomic mass is 32.1. The summed E-state index contributed by atoms with van der Waals surface area (Å²) in [6.45, 7) is 9.45. The number of nitrogens with zero attached hydrogens (tertiary/aromatic N) is 3. The molecule has 0 fully saturated rings. The third-order valence-electron chi connectivity index (χ3n) is 5.00. The van der Waals surface area contributed by atoms with Crippen molar-refractivity contribution in [3.63, 3.8) is 0 Å². The van der Waals surface area contributed by atoms with Crippen molar-refractivity contribution in [2.75, 3.05) is 44.8 Å². The lowest BCUT2D eigenvalue weighted by Crippen LogP contribution is -2.41. The maximum Gasteiger partial charge on any atom is 0.266 e. The van der Waals surface area contributed by atoms with E-state index in [2.05, 4.69) is 18.7 Å². The zero-order chi connectivity index (χ0) is 21.5. The predicted molar refractivity (Wildman–Crippen MR) is 123 cm³/mol. The molecule has 0 atom stereocenters. The van der Waals surface area contributed by atoms with Gasteiger partial charge in [-0.25, -0.2) is 4.98 Å². The minimum Gasteiger partial charge on any atom is -0.497 e. The van der Waals surface area contributed by atoms with Gasteiger partial charge in [0.15, 0.2) is 11.7 Å². The van der Waals surface area contributed by atoms with E-state index in [1.807, 2.05) is 49.4 Å². The van der Waals surface area contributed by atoms with Crippen molar-refractivity contribution in [2.45, 2.75) is 20.8 Å². The molecule has 0 N–H and O–H groups in total. The summed E-state index contributed by atoms with van der Waals surface area (Å²) in [5, 5.41) is 0.684. The van der Waals surface area contributed by atoms with E-state index in [9.17, 15) is 4.79 Å². The molecule has 0 aliphatic rings. The summed E-state index contributed by atoms with van der Waals surface area (Å²) in [7, 11) is 1.64. The number of likely N-dealkylation sites (N-methyl/N-ethyl adjacent to an activating group) is 1. The molecule has 3 aromatic rings. The van der Waals surface area contributed by atoms with E-state index in [-0.39, 0.29) is 12.5 Å². The fourth-order valence-corrected chi connectivity index (χ4v) is 4.21. The van der Waals surface area contributed by atoms with Gasteiger partial charge in [0.1, 0.15) is 11.5 Å². The number of ether oxygens (including phenoxy) is 2. The number of benzene rings is 2. The molecule has 0 bridgehead atoms. The Morgan fingerprint density at radius 1 is 1.07 bits per heavy atom. The van der Waals surface area contributed by atoms with E-state index < -0.39 is 0 Å². The van der Waals surface area contributed by atoms with Crippen molar-refractivity contribution >= 4 is 32.6 Å². The summed E-state index contributed by atoms with van der Waals surface area (Å²) in [5.74, 6) is 1.37. The topological polar surface area (TPSA) is 54.9 Å². The number of methoxy groups -OCH3 is 1. The second-order valence-corrected chi connectivity index (χ2v) is 8.02. The first-order valence-electron chi connectivity index (χ1n) is 10.2. The first-order chi connectivity index (χ1) is 14.5. The minimum atomic E-state index is -0.102. The van der Waals surface area contributed by atoms with Gasteiger partial charge in [0.05, 0.1) is 17.3 Å². The summed E-state index contributed by atoms with van der Waals surface area (Å²) < 4.78 is 12.1. The van der Waals surface area contributed by atoms with Crippen LogP contribution in [0.25, 0.3) is 10.2 Å². The van der Waals surface area contributed by atoms with Gasteiger partial charge in [-0.1, -0.05) is 37.3 Å². The maximum atomic E-state index is 13.1. The highest BCUT2D eigenvalue weighted by Gasteiger charge is 2.21. The fourth-order valence-electron chi connectivity index (χ4n) is 3.17. The van der Waals surface area contributed by atoms with Gasteiger partial charge in [-0.15, -0.1) is 0 Å². The Kier molecular flexibility index (Phi) is 7.65. The predicted octanol–water partition coefficient (Wildman–Crippen LogP) is 4.37. The van der Waals surface area contributed by atoms with Crippen molar-refractivity contribution < 1.29 is 14.3 Å². The first-order valence-corrected chi connectivity index (χ1v) is 11.0. The second kappa shape index (κ2) is 10.4. The molecule has 1 heterocycles. The molecule has 0 saturated carbocycles. The van der Waals surface area contributed by atoms with Crippen LogP contribution in [0.5, 0.6) is 11.5 Å². The van der Waals surface area contributed by atoms with Gasteiger partial charge in [0.2, 0.25) is 0 Å². The standard InChI is InChI=1S/C23H29N3O3S/c1-5-25(6-2)12-13-26(22(27)16-29-19-9-7-8-17(3)14-19)23-24-20-11-10-18(28-4)15-21(20)30-23/h7-11,14-15H,5-6,12-13,16H2,1-4H3. The first kappa shape index (κ1) is 22.1. The molecule has 160 valence electrons. The number of carbonyl (C=O) groups excluding carboxylic acids is 1. The lowest BCUT2D eigenvalue weighted by molar-refractivity contribution is -0.120. The minimum absolute atomic E-state index is 0.0268. The third-order valence-corrected chi connectivity index (χ3v) is 6.04. The average Bonchev–Trinajstić information content (AvgIpc) is 3.18. The van der Waals surface area contributed by atoms with Crippen LogP contribution in [0.2, 0.25) is 0 Å². The number of rotatable bonds is 10. The van der Waals surface area contributed by atoms with Crippen molar-refractivity contribution in [3.05, 3.63) is 48.0 Å². The molecule has 0 unspecified atom stereocenters. The van der Waals surface area contributed by atoms with Crippen molar-refractivity contribution in [2.24, 2.45) is 0 Å². The number of aryl methyl sites for hydroxylation is 1. The number of hydrogen-bond donors (Lipinski definition) is 0. The smallest absolute Gasteiger partial charge is 0.266 e. The van der Waals surface area contributed by atoms with E-state index in [1.165, 1.54) is 11.3 Å². The van der Waals surface area contributed by atoms with Gasteiger partial charge in [-0.05, 0) is 55.9 Å². The van der Waals surface area contributed by atoms with Crippen molar-refractivity contribution in [1.29, 1.82) is 0 Å². The Morgan fingerprint density at radius 2 is 1.87 bits per heavy atom. The van der Waals surface area contributed by atoms with Gasteiger partial charge in [-0.2, -0.15) is 0 Å². The van der Waals surface area contributed by atoms with Crippen LogP contribution in [0.1, 0.15) is 19.4 Å². The van der Waals surface area contributed by atoms with Crippen LogP contribution >= 0.6 is 11.3 Å². The number of anilines is 1. The monoisotopic (exact) mass is 427 g/mol. The van der Waals surface area contributed by atoms with E-state index >= 15 is 0 Å². The summed E-state index contributed by atoms with van der Waals surface area (Å²) in [6, 6.07) is 13.5. The summed E-state index contributed by atoms with van der Waals surface area (Å²) in [5.41, 5.74) is 1.95. The SMILES string of the molecule is CCN(CC)CCN(C(=O)COc1cccc(C)c1)c1nc2ccc(OC)cc2s1. The van der Waals surface area contributed by atoms with Gasteiger partial charge in [0, 0.05) is 13.1 Å². The maximum absolute atomic E-state index is 13.1. The molecule has 0 radical (unpaired) electrons. The molecule has 6 nitrogen and oxygen atoms in total. The van der Waals surface area contributed by atoms with Crippen LogP contribution in [-0.2, 0) is 4.79 Å². The zero-order valence-electron chi connectivity index (χ0n) is 18.1. The van der Waals surface area contributed by atoms with E-state index in [0.717, 1.165) is 41.2 Å². The van der Waals surface area contributed by atoms with E-state index in [0.29, 0.717) is 17.4 Å². The average molecular weight is 428 g/mol. The molecular weight excluding hydrogens is 398 g/mol. The molecule has 0 spiro atoms. The van der Waals surface area contributed by atoms with Crippen LogP contribution in [-0.4, -0.2) is 55.7 Å².